The fourth-order valence-corrected chi connectivity index (χ4v) is 2.23. The van der Waals surface area contributed by atoms with Gasteiger partial charge in [0.15, 0.2) is 0 Å². The Hall–Kier alpha value is -1.68. The van der Waals surface area contributed by atoms with Crippen molar-refractivity contribution in [3.63, 3.8) is 0 Å². The van der Waals surface area contributed by atoms with Gasteiger partial charge in [-0.15, -0.1) is 0 Å². The molecule has 82 valence electrons. The molecule has 1 atom stereocenters. The summed E-state index contributed by atoms with van der Waals surface area (Å²) < 4.78 is 0. The first kappa shape index (κ1) is 9.54. The lowest BCUT2D eigenvalue weighted by atomic mass is 10.2. The van der Waals surface area contributed by atoms with E-state index in [4.69, 9.17) is 0 Å². The van der Waals surface area contributed by atoms with Crippen LogP contribution < -0.4 is 5.32 Å². The van der Waals surface area contributed by atoms with Crippen molar-refractivity contribution >= 4 is 0 Å². The van der Waals surface area contributed by atoms with Gasteiger partial charge in [-0.05, 0) is 24.5 Å². The number of hydrogen-bond donors (Lipinski definition) is 2. The van der Waals surface area contributed by atoms with Crippen LogP contribution in [0.5, 0.6) is 0 Å². The summed E-state index contributed by atoms with van der Waals surface area (Å²) in [6, 6.07) is 4.57. The van der Waals surface area contributed by atoms with Crippen molar-refractivity contribution in [3.8, 4) is 0 Å². The van der Waals surface area contributed by atoms with Crippen molar-refractivity contribution in [2.75, 3.05) is 0 Å². The Balaban J connectivity index is 1.69. The number of nitrogens with one attached hydrogen (secondary N) is 2. The van der Waals surface area contributed by atoms with E-state index in [2.05, 4.69) is 26.6 Å². The highest BCUT2D eigenvalue weighted by molar-refractivity contribution is 5.28. The molecule has 0 radical (unpaired) electrons. The smallest absolute Gasteiger partial charge is 0.0605 e. The van der Waals surface area contributed by atoms with E-state index in [-0.39, 0.29) is 0 Å². The molecule has 1 aliphatic rings. The van der Waals surface area contributed by atoms with Crippen molar-refractivity contribution in [3.05, 3.63) is 47.5 Å². The normalized spacial score (nSPS) is 18.6. The molecule has 2 aromatic rings. The maximum absolute atomic E-state index is 4.45. The third kappa shape index (κ3) is 1.72. The zero-order valence-electron chi connectivity index (χ0n) is 8.98. The molecule has 2 N–H and O–H groups in total. The molecule has 4 nitrogen and oxygen atoms in total. The van der Waals surface area contributed by atoms with E-state index in [1.165, 1.54) is 16.8 Å². The number of rotatable bonds is 3. The lowest BCUT2D eigenvalue weighted by Crippen LogP contribution is -2.19. The quantitative estimate of drug-likeness (QED) is 0.815. The molecular weight excluding hydrogens is 200 g/mol. The van der Waals surface area contributed by atoms with E-state index in [1.807, 2.05) is 24.7 Å². The van der Waals surface area contributed by atoms with Crippen LogP contribution in [0.15, 0.2) is 30.7 Å². The van der Waals surface area contributed by atoms with Gasteiger partial charge in [-0.25, -0.2) is 0 Å². The van der Waals surface area contributed by atoms with Crippen LogP contribution in [0.25, 0.3) is 0 Å². The number of nitrogens with zero attached hydrogens (tertiary/aromatic N) is 2. The van der Waals surface area contributed by atoms with Crippen molar-refractivity contribution in [2.45, 2.75) is 25.4 Å². The van der Waals surface area contributed by atoms with Gasteiger partial charge in [0, 0.05) is 24.5 Å². The maximum atomic E-state index is 4.45. The maximum Gasteiger partial charge on any atom is 0.0605 e. The second-order valence-electron chi connectivity index (χ2n) is 4.13. The molecule has 0 aliphatic heterocycles. The molecule has 0 spiro atoms. The summed E-state index contributed by atoms with van der Waals surface area (Å²) in [5.74, 6) is 0. The first-order chi connectivity index (χ1) is 7.93. The highest BCUT2D eigenvalue weighted by atomic mass is 15.1. The van der Waals surface area contributed by atoms with Crippen LogP contribution in [0.1, 0.15) is 29.3 Å². The Morgan fingerprint density at radius 1 is 1.50 bits per heavy atom. The summed E-state index contributed by atoms with van der Waals surface area (Å²) in [5, 5.41) is 10.3. The van der Waals surface area contributed by atoms with E-state index in [1.54, 1.807) is 0 Å². The van der Waals surface area contributed by atoms with Gasteiger partial charge in [0.1, 0.15) is 0 Å². The van der Waals surface area contributed by atoms with Gasteiger partial charge in [0.05, 0.1) is 17.9 Å². The molecule has 0 amide bonds. The van der Waals surface area contributed by atoms with E-state index in [0.717, 1.165) is 19.4 Å². The summed E-state index contributed by atoms with van der Waals surface area (Å²) in [6.07, 6.45) is 7.91. The second-order valence-corrected chi connectivity index (χ2v) is 4.13. The molecule has 0 fully saturated rings. The zero-order chi connectivity index (χ0) is 10.8. The predicted molar refractivity (Wildman–Crippen MR) is 60.7 cm³/mol. The second kappa shape index (κ2) is 4.06. The Bertz CT molecular complexity index is 464. The Morgan fingerprint density at radius 2 is 2.50 bits per heavy atom. The third-order valence-corrected chi connectivity index (χ3v) is 3.07. The molecule has 1 aliphatic carbocycles. The van der Waals surface area contributed by atoms with Crippen molar-refractivity contribution in [1.29, 1.82) is 0 Å². The number of pyridine rings is 1. The summed E-state index contributed by atoms with van der Waals surface area (Å²) in [6.45, 7) is 0.844. The molecule has 16 heavy (non-hydrogen) atoms. The monoisotopic (exact) mass is 214 g/mol. The highest BCUT2D eigenvalue weighted by Crippen LogP contribution is 2.28. The molecule has 0 saturated carbocycles. The van der Waals surface area contributed by atoms with Gasteiger partial charge in [0.2, 0.25) is 0 Å². The number of aromatic amines is 1. The predicted octanol–water partition coefficient (Wildman–Crippen LogP) is 1.58. The van der Waals surface area contributed by atoms with Gasteiger partial charge < -0.3 is 5.32 Å². The van der Waals surface area contributed by atoms with Crippen molar-refractivity contribution in [2.24, 2.45) is 0 Å². The summed E-state index contributed by atoms with van der Waals surface area (Å²) in [5.41, 5.74) is 3.78. The van der Waals surface area contributed by atoms with Crippen molar-refractivity contribution < 1.29 is 0 Å². The van der Waals surface area contributed by atoms with Crippen LogP contribution in [0.2, 0.25) is 0 Å². The van der Waals surface area contributed by atoms with E-state index >= 15 is 0 Å². The number of H-pyrrole nitrogens is 1. The van der Waals surface area contributed by atoms with E-state index in [9.17, 15) is 0 Å². The molecule has 0 bridgehead atoms. The number of hydrogen-bond acceptors (Lipinski definition) is 3. The Labute approximate surface area is 94.1 Å². The molecule has 2 heterocycles. The van der Waals surface area contributed by atoms with Crippen LogP contribution in [0.3, 0.4) is 0 Å². The van der Waals surface area contributed by atoms with Gasteiger partial charge >= 0.3 is 0 Å². The molecule has 4 heteroatoms. The largest absolute Gasteiger partial charge is 0.304 e. The minimum atomic E-state index is 0.395. The SMILES string of the molecule is c1cnc2c(c1)CCC2NCc1cn[nH]c1. The van der Waals surface area contributed by atoms with Crippen LogP contribution in [0.4, 0.5) is 0 Å². The average Bonchev–Trinajstić information content (AvgIpc) is 2.96. The van der Waals surface area contributed by atoms with Crippen LogP contribution in [-0.2, 0) is 13.0 Å². The van der Waals surface area contributed by atoms with Gasteiger partial charge in [-0.2, -0.15) is 5.10 Å². The molecule has 3 rings (SSSR count). The zero-order valence-corrected chi connectivity index (χ0v) is 8.98. The van der Waals surface area contributed by atoms with Gasteiger partial charge in [-0.1, -0.05) is 6.07 Å². The minimum Gasteiger partial charge on any atom is -0.304 e. The molecular formula is C12H14N4. The standard InChI is InChI=1S/C12H14N4/c1-2-10-3-4-11(12(10)13-5-1)14-6-9-7-15-16-8-9/h1-2,5,7-8,11,14H,3-4,6H2,(H,15,16). The number of fused-ring (bicyclic) bond motifs is 1. The minimum absolute atomic E-state index is 0.395. The third-order valence-electron chi connectivity index (χ3n) is 3.07. The van der Waals surface area contributed by atoms with Crippen LogP contribution in [0, 0.1) is 0 Å². The fourth-order valence-electron chi connectivity index (χ4n) is 2.23. The lowest BCUT2D eigenvalue weighted by molar-refractivity contribution is 0.521. The van der Waals surface area contributed by atoms with Gasteiger partial charge in [-0.3, -0.25) is 10.1 Å². The van der Waals surface area contributed by atoms with Crippen LogP contribution in [-0.4, -0.2) is 15.2 Å². The molecule has 1 unspecified atom stereocenters. The lowest BCUT2D eigenvalue weighted by Gasteiger charge is -2.11. The average molecular weight is 214 g/mol. The molecule has 0 saturated heterocycles. The summed E-state index contributed by atoms with van der Waals surface area (Å²) in [4.78, 5) is 4.45. The fraction of sp³-hybridized carbons (Fsp3) is 0.333. The number of aromatic nitrogens is 3. The van der Waals surface area contributed by atoms with Crippen LogP contribution >= 0.6 is 0 Å². The first-order valence-electron chi connectivity index (χ1n) is 5.58. The van der Waals surface area contributed by atoms with E-state index < -0.39 is 0 Å². The highest BCUT2D eigenvalue weighted by Gasteiger charge is 2.22. The summed E-state index contributed by atoms with van der Waals surface area (Å²) >= 11 is 0. The molecule has 0 aromatic carbocycles. The molecule has 2 aromatic heterocycles. The number of aryl methyl sites for hydroxylation is 1. The van der Waals surface area contributed by atoms with Crippen molar-refractivity contribution in [1.82, 2.24) is 20.5 Å². The Morgan fingerprint density at radius 3 is 3.38 bits per heavy atom. The Kier molecular flexibility index (Phi) is 2.42. The topological polar surface area (TPSA) is 53.6 Å². The van der Waals surface area contributed by atoms with E-state index in [0.29, 0.717) is 6.04 Å². The van der Waals surface area contributed by atoms with Gasteiger partial charge in [0.25, 0.3) is 0 Å². The summed E-state index contributed by atoms with van der Waals surface area (Å²) in [7, 11) is 0. The first-order valence-corrected chi connectivity index (χ1v) is 5.58.